The first-order chi connectivity index (χ1) is 14.7. The topological polar surface area (TPSA) is 45.9 Å². The summed E-state index contributed by atoms with van der Waals surface area (Å²) in [5.41, 5.74) is 2.24. The van der Waals surface area contributed by atoms with Crippen LogP contribution in [0.1, 0.15) is 29.0 Å². The van der Waals surface area contributed by atoms with E-state index in [1.54, 1.807) is 25.5 Å². The zero-order valence-corrected chi connectivity index (χ0v) is 18.6. The van der Waals surface area contributed by atoms with Crippen LogP contribution in [0.2, 0.25) is 0 Å². The molecule has 1 aromatic heterocycles. The summed E-state index contributed by atoms with van der Waals surface area (Å²) in [5, 5.41) is 0. The van der Waals surface area contributed by atoms with Crippen LogP contribution < -0.4 is 9.64 Å². The van der Waals surface area contributed by atoms with Crippen molar-refractivity contribution in [2.45, 2.75) is 25.3 Å². The molecule has 164 valence electrons. The van der Waals surface area contributed by atoms with Gasteiger partial charge in [0.05, 0.1) is 13.4 Å². The van der Waals surface area contributed by atoms with Gasteiger partial charge >= 0.3 is 0 Å². The lowest BCUT2D eigenvalue weighted by Crippen LogP contribution is -2.48. The molecule has 0 bridgehead atoms. The molecule has 1 fully saturated rings. The molecule has 4 rings (SSSR count). The smallest absolute Gasteiger partial charge is 0.294 e. The number of ether oxygens (including phenoxy) is 1. The number of furan rings is 1. The van der Waals surface area contributed by atoms with Crippen molar-refractivity contribution in [3.8, 4) is 5.75 Å². The Bertz CT molecular complexity index is 921. The fraction of sp³-hybridized carbons (Fsp3) is 0.320. The van der Waals surface area contributed by atoms with Crippen LogP contribution in [0.15, 0.2) is 77.4 Å². The van der Waals surface area contributed by atoms with Crippen LogP contribution in [0.3, 0.4) is 0 Å². The molecule has 1 saturated heterocycles. The number of rotatable bonds is 7. The molecule has 0 N–H and O–H groups in total. The summed E-state index contributed by atoms with van der Waals surface area (Å²) in [6.07, 6.45) is 4.47. The van der Waals surface area contributed by atoms with Crippen LogP contribution in [-0.2, 0) is 6.42 Å². The highest BCUT2D eigenvalue weighted by molar-refractivity contribution is 6.04. The first-order valence-corrected chi connectivity index (χ1v) is 10.5. The predicted molar refractivity (Wildman–Crippen MR) is 125 cm³/mol. The number of carbonyl (C=O) groups excluding carboxylic acids is 1. The molecule has 0 saturated carbocycles. The quantitative estimate of drug-likeness (QED) is 0.515. The molecule has 0 aliphatic carbocycles. The van der Waals surface area contributed by atoms with E-state index in [0.29, 0.717) is 5.76 Å². The van der Waals surface area contributed by atoms with Crippen molar-refractivity contribution in [3.63, 3.8) is 0 Å². The lowest BCUT2D eigenvalue weighted by molar-refractivity contribution is 0.0933. The second kappa shape index (κ2) is 11.0. The van der Waals surface area contributed by atoms with Crippen molar-refractivity contribution in [2.24, 2.45) is 0 Å². The van der Waals surface area contributed by atoms with Gasteiger partial charge in [-0.15, -0.1) is 12.4 Å². The maximum absolute atomic E-state index is 13.2. The summed E-state index contributed by atoms with van der Waals surface area (Å²) < 4.78 is 10.6. The molecule has 0 radical (unpaired) electrons. The van der Waals surface area contributed by atoms with Gasteiger partial charge in [0, 0.05) is 31.4 Å². The minimum Gasteiger partial charge on any atom is -0.497 e. The Morgan fingerprint density at radius 3 is 2.35 bits per heavy atom. The molecular formula is C25H29ClN2O3. The number of carbonyl (C=O) groups is 1. The number of halogens is 1. The summed E-state index contributed by atoms with van der Waals surface area (Å²) in [6, 6.07) is 21.9. The first kappa shape index (κ1) is 22.9. The van der Waals surface area contributed by atoms with Crippen molar-refractivity contribution in [1.82, 2.24) is 4.90 Å². The lowest BCUT2D eigenvalue weighted by atomic mass is 10.0. The monoisotopic (exact) mass is 440 g/mol. The number of benzene rings is 2. The highest BCUT2D eigenvalue weighted by Crippen LogP contribution is 2.26. The highest BCUT2D eigenvalue weighted by Gasteiger charge is 2.30. The standard InChI is InChI=1S/C25H28N2O3.ClH/c1-29-23-11-9-20(10-12-23)13-16-26-17-14-22(15-18-26)27(21-6-3-2-4-7-21)25(28)24-8-5-19-30-24;/h2-12,19,22H,13-18H2,1H3;1H. The Morgan fingerprint density at radius 1 is 1.03 bits per heavy atom. The van der Waals surface area contributed by atoms with Crippen molar-refractivity contribution in [1.29, 1.82) is 0 Å². The second-order valence-corrected chi connectivity index (χ2v) is 7.66. The van der Waals surface area contributed by atoms with Gasteiger partial charge in [0.15, 0.2) is 5.76 Å². The van der Waals surface area contributed by atoms with Crippen LogP contribution >= 0.6 is 12.4 Å². The average molecular weight is 441 g/mol. The minimum atomic E-state index is -0.0668. The molecule has 2 aromatic carbocycles. The van der Waals surface area contributed by atoms with Gasteiger partial charge in [-0.3, -0.25) is 4.79 Å². The summed E-state index contributed by atoms with van der Waals surface area (Å²) in [6.45, 7) is 2.99. The van der Waals surface area contributed by atoms with E-state index in [4.69, 9.17) is 9.15 Å². The Kier molecular flexibility index (Phi) is 8.15. The fourth-order valence-electron chi connectivity index (χ4n) is 4.08. The fourth-order valence-corrected chi connectivity index (χ4v) is 4.08. The number of piperidine rings is 1. The lowest BCUT2D eigenvalue weighted by Gasteiger charge is -2.38. The van der Waals surface area contributed by atoms with Gasteiger partial charge < -0.3 is 19.0 Å². The van der Waals surface area contributed by atoms with Crippen LogP contribution in [0.5, 0.6) is 5.75 Å². The summed E-state index contributed by atoms with van der Waals surface area (Å²) in [7, 11) is 1.69. The summed E-state index contributed by atoms with van der Waals surface area (Å²) in [4.78, 5) is 17.6. The van der Waals surface area contributed by atoms with E-state index < -0.39 is 0 Å². The molecule has 0 spiro atoms. The van der Waals surface area contributed by atoms with E-state index in [9.17, 15) is 4.79 Å². The molecule has 5 nitrogen and oxygen atoms in total. The minimum absolute atomic E-state index is 0. The van der Waals surface area contributed by atoms with Crippen molar-refractivity contribution < 1.29 is 13.9 Å². The normalized spacial score (nSPS) is 14.6. The first-order valence-electron chi connectivity index (χ1n) is 10.5. The number of amides is 1. The zero-order valence-electron chi connectivity index (χ0n) is 17.8. The van der Waals surface area contributed by atoms with Crippen LogP contribution in [0, 0.1) is 0 Å². The molecule has 1 aliphatic rings. The van der Waals surface area contributed by atoms with Gasteiger partial charge in [0.1, 0.15) is 5.75 Å². The van der Waals surface area contributed by atoms with Crippen molar-refractivity contribution in [2.75, 3.05) is 31.6 Å². The zero-order chi connectivity index (χ0) is 20.8. The number of methoxy groups -OCH3 is 1. The van der Waals surface area contributed by atoms with Gasteiger partial charge in [-0.1, -0.05) is 30.3 Å². The van der Waals surface area contributed by atoms with E-state index >= 15 is 0 Å². The molecule has 0 unspecified atom stereocenters. The van der Waals surface area contributed by atoms with E-state index in [-0.39, 0.29) is 24.4 Å². The van der Waals surface area contributed by atoms with Gasteiger partial charge in [-0.2, -0.15) is 0 Å². The van der Waals surface area contributed by atoms with E-state index in [2.05, 4.69) is 17.0 Å². The van der Waals surface area contributed by atoms with Gasteiger partial charge in [-0.05, 0) is 61.2 Å². The third kappa shape index (κ3) is 5.69. The molecule has 31 heavy (non-hydrogen) atoms. The number of para-hydroxylation sites is 1. The van der Waals surface area contributed by atoms with Gasteiger partial charge in [0.2, 0.25) is 0 Å². The second-order valence-electron chi connectivity index (χ2n) is 7.66. The summed E-state index contributed by atoms with van der Waals surface area (Å²) in [5.74, 6) is 1.21. The van der Waals surface area contributed by atoms with E-state index in [1.807, 2.05) is 47.4 Å². The molecule has 1 aliphatic heterocycles. The largest absolute Gasteiger partial charge is 0.497 e. The molecule has 6 heteroatoms. The molecule has 3 aromatic rings. The van der Waals surface area contributed by atoms with Crippen molar-refractivity contribution in [3.05, 3.63) is 84.3 Å². The van der Waals surface area contributed by atoms with E-state index in [1.165, 1.54) is 5.56 Å². The number of hydrogen-bond donors (Lipinski definition) is 0. The molecule has 2 heterocycles. The third-order valence-corrected chi connectivity index (χ3v) is 5.78. The molecule has 1 amide bonds. The van der Waals surface area contributed by atoms with Gasteiger partial charge in [0.25, 0.3) is 5.91 Å². The maximum Gasteiger partial charge on any atom is 0.294 e. The number of nitrogens with zero attached hydrogens (tertiary/aromatic N) is 2. The van der Waals surface area contributed by atoms with Crippen LogP contribution in [0.4, 0.5) is 5.69 Å². The molecule has 0 atom stereocenters. The predicted octanol–water partition coefficient (Wildman–Crippen LogP) is 5.06. The number of anilines is 1. The van der Waals surface area contributed by atoms with Crippen LogP contribution in [0.25, 0.3) is 0 Å². The Labute approximate surface area is 190 Å². The Balaban J connectivity index is 0.00000272. The maximum atomic E-state index is 13.2. The molecular weight excluding hydrogens is 412 g/mol. The van der Waals surface area contributed by atoms with Crippen LogP contribution in [-0.4, -0.2) is 43.6 Å². The SMILES string of the molecule is COc1ccc(CCN2CCC(N(C(=O)c3ccco3)c3ccccc3)CC2)cc1.Cl. The number of likely N-dealkylation sites (tertiary alicyclic amines) is 1. The Hall–Kier alpha value is -2.76. The third-order valence-electron chi connectivity index (χ3n) is 5.78. The Morgan fingerprint density at radius 2 is 1.74 bits per heavy atom. The number of hydrogen-bond acceptors (Lipinski definition) is 4. The average Bonchev–Trinajstić information content (AvgIpc) is 3.35. The van der Waals surface area contributed by atoms with Crippen molar-refractivity contribution >= 4 is 24.0 Å². The highest BCUT2D eigenvalue weighted by atomic mass is 35.5. The summed E-state index contributed by atoms with van der Waals surface area (Å²) >= 11 is 0. The van der Waals surface area contributed by atoms with Gasteiger partial charge in [-0.25, -0.2) is 0 Å². The van der Waals surface area contributed by atoms with E-state index in [0.717, 1.165) is 50.3 Å².